The first-order valence-electron chi connectivity index (χ1n) is 8.93. The van der Waals surface area contributed by atoms with Crippen LogP contribution in [-0.4, -0.2) is 39.1 Å². The zero-order valence-electron chi connectivity index (χ0n) is 15.7. The van der Waals surface area contributed by atoms with Crippen molar-refractivity contribution in [3.05, 3.63) is 35.1 Å². The second-order valence-corrected chi connectivity index (χ2v) is 6.95. The fraction of sp³-hybridized carbons (Fsp3) is 0.389. The van der Waals surface area contributed by atoms with E-state index in [2.05, 4.69) is 37.1 Å². The number of aromatic amines is 1. The van der Waals surface area contributed by atoms with Crippen molar-refractivity contribution >= 4 is 28.3 Å². The number of nitrogens with one attached hydrogen (secondary N) is 2. The van der Waals surface area contributed by atoms with Gasteiger partial charge in [-0.05, 0) is 18.9 Å². The molecule has 2 N–H and O–H groups in total. The van der Waals surface area contributed by atoms with Crippen molar-refractivity contribution in [1.29, 1.82) is 0 Å². The lowest BCUT2D eigenvalue weighted by atomic mass is 10.2. The maximum Gasteiger partial charge on any atom is 0.354 e. The molecule has 0 saturated carbocycles. The monoisotopic (exact) mass is 403 g/mol. The molecular weight excluding hydrogens is 382 g/mol. The van der Waals surface area contributed by atoms with Crippen LogP contribution in [0.15, 0.2) is 22.2 Å². The summed E-state index contributed by atoms with van der Waals surface area (Å²) in [7, 11) is 1.32. The summed E-state index contributed by atoms with van der Waals surface area (Å²) < 4.78 is 9.82. The Morgan fingerprint density at radius 1 is 1.32 bits per heavy atom. The first-order valence-corrected chi connectivity index (χ1v) is 9.81. The van der Waals surface area contributed by atoms with Crippen LogP contribution in [0.1, 0.15) is 48.4 Å². The molecule has 3 aromatic heterocycles. The largest absolute Gasteiger partial charge is 0.464 e. The number of nitrogens with zero attached hydrogens (tertiary/aromatic N) is 3. The second-order valence-electron chi connectivity index (χ2n) is 6.09. The number of carbonyl (C=O) groups is 2. The normalized spacial score (nSPS) is 10.8. The van der Waals surface area contributed by atoms with E-state index in [-0.39, 0.29) is 5.91 Å². The van der Waals surface area contributed by atoms with Gasteiger partial charge in [0.05, 0.1) is 12.8 Å². The van der Waals surface area contributed by atoms with Crippen molar-refractivity contribution in [1.82, 2.24) is 20.1 Å². The van der Waals surface area contributed by atoms with Crippen LogP contribution in [0.4, 0.5) is 5.13 Å². The van der Waals surface area contributed by atoms with Crippen molar-refractivity contribution in [3.8, 4) is 11.3 Å². The summed E-state index contributed by atoms with van der Waals surface area (Å²) in [6.07, 6.45) is 4.93. The fourth-order valence-electron chi connectivity index (χ4n) is 2.53. The first-order chi connectivity index (χ1) is 13.6. The molecule has 0 bridgehead atoms. The quantitative estimate of drug-likeness (QED) is 0.526. The zero-order valence-corrected chi connectivity index (χ0v) is 16.5. The molecule has 0 saturated heterocycles. The summed E-state index contributed by atoms with van der Waals surface area (Å²) in [5.41, 5.74) is 1.76. The lowest BCUT2D eigenvalue weighted by molar-refractivity contribution is -0.116. The Bertz CT molecular complexity index is 945. The van der Waals surface area contributed by atoms with E-state index in [4.69, 9.17) is 4.52 Å². The molecule has 3 aromatic rings. The predicted molar refractivity (Wildman–Crippen MR) is 103 cm³/mol. The average molecular weight is 403 g/mol. The highest BCUT2D eigenvalue weighted by Gasteiger charge is 2.13. The van der Waals surface area contributed by atoms with E-state index in [0.29, 0.717) is 47.5 Å². The van der Waals surface area contributed by atoms with Crippen molar-refractivity contribution in [2.45, 2.75) is 39.0 Å². The Balaban J connectivity index is 1.48. The second kappa shape index (κ2) is 9.27. The number of anilines is 1. The van der Waals surface area contributed by atoms with Gasteiger partial charge in [0.15, 0.2) is 11.0 Å². The Kier molecular flexibility index (Phi) is 6.53. The number of aromatic nitrogens is 4. The summed E-state index contributed by atoms with van der Waals surface area (Å²) in [6, 6.07) is 1.66. The zero-order chi connectivity index (χ0) is 19.9. The van der Waals surface area contributed by atoms with E-state index in [9.17, 15) is 9.59 Å². The Labute approximate surface area is 165 Å². The molecule has 0 aliphatic heterocycles. The number of rotatable bonds is 9. The molecule has 0 aliphatic carbocycles. The van der Waals surface area contributed by atoms with Crippen LogP contribution >= 0.6 is 11.3 Å². The number of hydrogen-bond acceptors (Lipinski definition) is 8. The summed E-state index contributed by atoms with van der Waals surface area (Å²) in [5.74, 6) is 0.690. The number of thiazole rings is 1. The van der Waals surface area contributed by atoms with E-state index < -0.39 is 5.97 Å². The van der Waals surface area contributed by atoms with Gasteiger partial charge in [0, 0.05) is 36.4 Å². The number of carbonyl (C=O) groups excluding carboxylic acids is 2. The van der Waals surface area contributed by atoms with Gasteiger partial charge in [-0.2, -0.15) is 4.98 Å². The molecule has 0 spiro atoms. The topological polar surface area (TPSA) is 123 Å². The van der Waals surface area contributed by atoms with Gasteiger partial charge in [-0.3, -0.25) is 4.79 Å². The van der Waals surface area contributed by atoms with Crippen molar-refractivity contribution in [2.75, 3.05) is 12.4 Å². The minimum Gasteiger partial charge on any atom is -0.464 e. The molecule has 148 valence electrons. The van der Waals surface area contributed by atoms with E-state index in [1.165, 1.54) is 18.4 Å². The molecule has 3 rings (SSSR count). The van der Waals surface area contributed by atoms with Crippen LogP contribution in [0.3, 0.4) is 0 Å². The minimum atomic E-state index is -0.446. The highest BCUT2D eigenvalue weighted by Crippen LogP contribution is 2.25. The van der Waals surface area contributed by atoms with E-state index in [1.807, 2.05) is 5.38 Å². The Morgan fingerprint density at radius 2 is 2.18 bits per heavy atom. The van der Waals surface area contributed by atoms with Gasteiger partial charge in [0.1, 0.15) is 5.69 Å². The van der Waals surface area contributed by atoms with Gasteiger partial charge in [-0.1, -0.05) is 12.1 Å². The van der Waals surface area contributed by atoms with Crippen LogP contribution in [0.5, 0.6) is 0 Å². The molecule has 0 aromatic carbocycles. The maximum absolute atomic E-state index is 12.1. The van der Waals surface area contributed by atoms with Gasteiger partial charge in [-0.15, -0.1) is 11.3 Å². The Morgan fingerprint density at radius 3 is 2.96 bits per heavy atom. The van der Waals surface area contributed by atoms with Crippen LogP contribution < -0.4 is 5.32 Å². The number of hydrogen-bond donors (Lipinski definition) is 2. The SMILES string of the molecule is CCCc1noc(CCCC(=O)Nc2nc(-c3c[nH]c(C(=O)OC)c3)cs2)n1. The Hall–Kier alpha value is -3.01. The lowest BCUT2D eigenvalue weighted by Gasteiger charge is -2.00. The molecule has 10 heteroatoms. The number of aryl methyl sites for hydroxylation is 2. The van der Waals surface area contributed by atoms with Gasteiger partial charge < -0.3 is 19.6 Å². The number of esters is 1. The molecular formula is C18H21N5O4S. The van der Waals surface area contributed by atoms with Crippen LogP contribution in [-0.2, 0) is 22.4 Å². The van der Waals surface area contributed by atoms with Crippen molar-refractivity contribution < 1.29 is 18.8 Å². The summed E-state index contributed by atoms with van der Waals surface area (Å²) in [4.78, 5) is 35.1. The minimum absolute atomic E-state index is 0.126. The van der Waals surface area contributed by atoms with Gasteiger partial charge in [0.2, 0.25) is 11.8 Å². The molecule has 0 atom stereocenters. The highest BCUT2D eigenvalue weighted by atomic mass is 32.1. The van der Waals surface area contributed by atoms with Crippen molar-refractivity contribution in [3.63, 3.8) is 0 Å². The summed E-state index contributed by atoms with van der Waals surface area (Å²) >= 11 is 1.32. The first kappa shape index (κ1) is 19.7. The predicted octanol–water partition coefficient (Wildman–Crippen LogP) is 3.22. The number of H-pyrrole nitrogens is 1. The average Bonchev–Trinajstić information content (AvgIpc) is 3.42. The van der Waals surface area contributed by atoms with E-state index in [1.54, 1.807) is 12.3 Å². The van der Waals surface area contributed by atoms with Crippen LogP contribution in [0.2, 0.25) is 0 Å². The molecule has 0 aliphatic rings. The molecule has 1 amide bonds. The molecule has 9 nitrogen and oxygen atoms in total. The smallest absolute Gasteiger partial charge is 0.354 e. The van der Waals surface area contributed by atoms with Crippen molar-refractivity contribution in [2.24, 2.45) is 0 Å². The number of ether oxygens (including phenoxy) is 1. The third kappa shape index (κ3) is 5.03. The molecule has 0 unspecified atom stereocenters. The highest BCUT2D eigenvalue weighted by molar-refractivity contribution is 7.14. The number of methoxy groups -OCH3 is 1. The maximum atomic E-state index is 12.1. The third-order valence-electron chi connectivity index (χ3n) is 3.91. The van der Waals surface area contributed by atoms with Crippen LogP contribution in [0, 0.1) is 0 Å². The molecule has 0 fully saturated rings. The summed E-state index contributed by atoms with van der Waals surface area (Å²) in [6.45, 7) is 2.05. The third-order valence-corrected chi connectivity index (χ3v) is 4.67. The van der Waals surface area contributed by atoms with Crippen LogP contribution in [0.25, 0.3) is 11.3 Å². The van der Waals surface area contributed by atoms with Gasteiger partial charge in [-0.25, -0.2) is 9.78 Å². The fourth-order valence-corrected chi connectivity index (χ4v) is 3.27. The van der Waals surface area contributed by atoms with Gasteiger partial charge >= 0.3 is 5.97 Å². The lowest BCUT2D eigenvalue weighted by Crippen LogP contribution is -2.11. The number of amides is 1. The van der Waals surface area contributed by atoms with Gasteiger partial charge in [0.25, 0.3) is 0 Å². The molecule has 3 heterocycles. The molecule has 28 heavy (non-hydrogen) atoms. The van der Waals surface area contributed by atoms with E-state index in [0.717, 1.165) is 18.4 Å². The van der Waals surface area contributed by atoms with E-state index >= 15 is 0 Å². The molecule has 0 radical (unpaired) electrons. The summed E-state index contributed by atoms with van der Waals surface area (Å²) in [5, 5.41) is 9.00. The standard InChI is InChI=1S/C18H21N5O4S/c1-3-5-14-21-16(27-23-14)7-4-6-15(24)22-18-20-13(10-28-18)11-8-12(19-9-11)17(25)26-2/h8-10,19H,3-7H2,1-2H3,(H,20,22,24).